The van der Waals surface area contributed by atoms with E-state index in [-0.39, 0.29) is 5.75 Å². The lowest BCUT2D eigenvalue weighted by Gasteiger charge is -2.04. The van der Waals surface area contributed by atoms with Gasteiger partial charge in [0.25, 0.3) is 0 Å². The highest BCUT2D eigenvalue weighted by Gasteiger charge is 2.05. The zero-order valence-corrected chi connectivity index (χ0v) is 10.2. The van der Waals surface area contributed by atoms with Gasteiger partial charge in [-0.2, -0.15) is 0 Å². The lowest BCUT2D eigenvalue weighted by Crippen LogP contribution is -1.89. The van der Waals surface area contributed by atoms with Crippen molar-refractivity contribution in [2.75, 3.05) is 0 Å². The summed E-state index contributed by atoms with van der Waals surface area (Å²) in [6.07, 6.45) is 3.45. The number of rotatable bonds is 2. The number of phenols is 1. The molecular weight excluding hydrogens is 236 g/mol. The predicted octanol–water partition coefficient (Wildman–Crippen LogP) is 3.52. The molecule has 1 heterocycles. The van der Waals surface area contributed by atoms with Crippen LogP contribution in [0.1, 0.15) is 0 Å². The van der Waals surface area contributed by atoms with Crippen molar-refractivity contribution in [2.45, 2.75) is 0 Å². The summed E-state index contributed by atoms with van der Waals surface area (Å²) in [7, 11) is 0. The van der Waals surface area contributed by atoms with Crippen LogP contribution in [0.15, 0.2) is 67.0 Å². The van der Waals surface area contributed by atoms with Crippen molar-refractivity contribution < 1.29 is 5.11 Å². The number of hydrogen-bond acceptors (Lipinski definition) is 3. The molecule has 0 radical (unpaired) electrons. The SMILES string of the molecule is Oc1ccccc1-c1cnc(-c2ccccc2)nc1. The van der Waals surface area contributed by atoms with E-state index in [2.05, 4.69) is 9.97 Å². The van der Waals surface area contributed by atoms with Crippen molar-refractivity contribution in [3.8, 4) is 28.3 Å². The van der Waals surface area contributed by atoms with Gasteiger partial charge in [0.1, 0.15) is 5.75 Å². The molecule has 0 atom stereocenters. The molecule has 0 fully saturated rings. The van der Waals surface area contributed by atoms with Crippen molar-refractivity contribution in [1.29, 1.82) is 0 Å². The van der Waals surface area contributed by atoms with Crippen LogP contribution >= 0.6 is 0 Å². The van der Waals surface area contributed by atoms with Crippen LogP contribution in [-0.4, -0.2) is 15.1 Å². The third-order valence-corrected chi connectivity index (χ3v) is 2.90. The Morgan fingerprint density at radius 3 is 2.00 bits per heavy atom. The number of nitrogens with zero attached hydrogens (tertiary/aromatic N) is 2. The van der Waals surface area contributed by atoms with E-state index in [1.165, 1.54) is 0 Å². The van der Waals surface area contributed by atoms with E-state index < -0.39 is 0 Å². The number of hydrogen-bond donors (Lipinski definition) is 1. The molecule has 3 heteroatoms. The normalized spacial score (nSPS) is 10.3. The molecular formula is C16H12N2O. The lowest BCUT2D eigenvalue weighted by molar-refractivity contribution is 0.477. The third kappa shape index (κ3) is 2.31. The second kappa shape index (κ2) is 4.90. The van der Waals surface area contributed by atoms with Gasteiger partial charge in [0, 0.05) is 29.1 Å². The van der Waals surface area contributed by atoms with E-state index in [1.54, 1.807) is 24.5 Å². The Bertz CT molecular complexity index is 679. The zero-order chi connectivity index (χ0) is 13.1. The fourth-order valence-electron chi connectivity index (χ4n) is 1.92. The van der Waals surface area contributed by atoms with Gasteiger partial charge in [-0.15, -0.1) is 0 Å². The summed E-state index contributed by atoms with van der Waals surface area (Å²) in [5.41, 5.74) is 2.52. The molecule has 3 nitrogen and oxygen atoms in total. The molecule has 2 aromatic carbocycles. The standard InChI is InChI=1S/C16H12N2O/c19-15-9-5-4-8-14(15)13-10-17-16(18-11-13)12-6-2-1-3-7-12/h1-11,19H. The molecule has 3 rings (SSSR count). The molecule has 0 unspecified atom stereocenters. The molecule has 0 saturated carbocycles. The summed E-state index contributed by atoms with van der Waals surface area (Å²) in [5, 5.41) is 9.79. The van der Waals surface area contributed by atoms with Crippen LogP contribution in [0.3, 0.4) is 0 Å². The summed E-state index contributed by atoms with van der Waals surface area (Å²) in [5.74, 6) is 0.915. The van der Waals surface area contributed by atoms with Gasteiger partial charge in [-0.1, -0.05) is 48.5 Å². The fraction of sp³-hybridized carbons (Fsp3) is 0. The van der Waals surface area contributed by atoms with Crippen molar-refractivity contribution in [3.05, 3.63) is 67.0 Å². The summed E-state index contributed by atoms with van der Waals surface area (Å²) < 4.78 is 0. The Morgan fingerprint density at radius 2 is 1.32 bits per heavy atom. The maximum Gasteiger partial charge on any atom is 0.159 e. The van der Waals surface area contributed by atoms with Crippen molar-refractivity contribution >= 4 is 0 Å². The van der Waals surface area contributed by atoms with Crippen molar-refractivity contribution in [3.63, 3.8) is 0 Å². The molecule has 3 aromatic rings. The highest BCUT2D eigenvalue weighted by Crippen LogP contribution is 2.28. The first-order valence-corrected chi connectivity index (χ1v) is 6.00. The predicted molar refractivity (Wildman–Crippen MR) is 74.6 cm³/mol. The van der Waals surface area contributed by atoms with Gasteiger partial charge in [0.15, 0.2) is 5.82 Å². The first kappa shape index (κ1) is 11.4. The van der Waals surface area contributed by atoms with Crippen LogP contribution in [0.5, 0.6) is 5.75 Å². The zero-order valence-electron chi connectivity index (χ0n) is 10.2. The Hall–Kier alpha value is -2.68. The van der Waals surface area contributed by atoms with E-state index in [1.807, 2.05) is 42.5 Å². The van der Waals surface area contributed by atoms with E-state index in [0.29, 0.717) is 5.82 Å². The smallest absolute Gasteiger partial charge is 0.159 e. The summed E-state index contributed by atoms with van der Waals surface area (Å²) >= 11 is 0. The third-order valence-electron chi connectivity index (χ3n) is 2.90. The average molecular weight is 248 g/mol. The summed E-state index contributed by atoms with van der Waals surface area (Å²) in [6, 6.07) is 17.0. The van der Waals surface area contributed by atoms with E-state index in [0.717, 1.165) is 16.7 Å². The first-order valence-electron chi connectivity index (χ1n) is 6.00. The Balaban J connectivity index is 1.98. The van der Waals surface area contributed by atoms with Gasteiger partial charge < -0.3 is 5.11 Å². The number of phenolic OH excluding ortho intramolecular Hbond substituents is 1. The molecule has 0 saturated heterocycles. The summed E-state index contributed by atoms with van der Waals surface area (Å²) in [6.45, 7) is 0. The van der Waals surface area contributed by atoms with Crippen molar-refractivity contribution in [2.24, 2.45) is 0 Å². The van der Waals surface area contributed by atoms with Crippen LogP contribution in [-0.2, 0) is 0 Å². The number of benzene rings is 2. The number of para-hydroxylation sites is 1. The second-order valence-electron chi connectivity index (χ2n) is 4.18. The van der Waals surface area contributed by atoms with Gasteiger partial charge in [0.05, 0.1) is 0 Å². The molecule has 1 aromatic heterocycles. The van der Waals surface area contributed by atoms with Crippen molar-refractivity contribution in [1.82, 2.24) is 9.97 Å². The molecule has 19 heavy (non-hydrogen) atoms. The van der Waals surface area contributed by atoms with E-state index in [9.17, 15) is 5.11 Å². The van der Waals surface area contributed by atoms with Crippen LogP contribution < -0.4 is 0 Å². The van der Waals surface area contributed by atoms with E-state index >= 15 is 0 Å². The molecule has 0 spiro atoms. The Labute approximate surface area is 111 Å². The van der Waals surface area contributed by atoms with Gasteiger partial charge >= 0.3 is 0 Å². The molecule has 1 N–H and O–H groups in total. The topological polar surface area (TPSA) is 46.0 Å². The monoisotopic (exact) mass is 248 g/mol. The minimum Gasteiger partial charge on any atom is -0.507 e. The lowest BCUT2D eigenvalue weighted by atomic mass is 10.1. The fourth-order valence-corrected chi connectivity index (χ4v) is 1.92. The minimum atomic E-state index is 0.235. The maximum atomic E-state index is 9.79. The second-order valence-corrected chi connectivity index (χ2v) is 4.18. The van der Waals surface area contributed by atoms with Crippen LogP contribution in [0.25, 0.3) is 22.5 Å². The van der Waals surface area contributed by atoms with Crippen LogP contribution in [0.2, 0.25) is 0 Å². The largest absolute Gasteiger partial charge is 0.507 e. The van der Waals surface area contributed by atoms with Gasteiger partial charge in [-0.3, -0.25) is 0 Å². The summed E-state index contributed by atoms with van der Waals surface area (Å²) in [4.78, 5) is 8.69. The van der Waals surface area contributed by atoms with Gasteiger partial charge in [-0.05, 0) is 6.07 Å². The van der Waals surface area contributed by atoms with Crippen LogP contribution in [0, 0.1) is 0 Å². The molecule has 0 bridgehead atoms. The first-order chi connectivity index (χ1) is 9.34. The minimum absolute atomic E-state index is 0.235. The number of aromatic nitrogens is 2. The number of aromatic hydroxyl groups is 1. The Kier molecular flexibility index (Phi) is 2.94. The molecule has 0 aliphatic heterocycles. The van der Waals surface area contributed by atoms with Crippen LogP contribution in [0.4, 0.5) is 0 Å². The van der Waals surface area contributed by atoms with E-state index in [4.69, 9.17) is 0 Å². The highest BCUT2D eigenvalue weighted by atomic mass is 16.3. The maximum absolute atomic E-state index is 9.79. The Morgan fingerprint density at radius 1 is 0.684 bits per heavy atom. The van der Waals surface area contributed by atoms with Gasteiger partial charge in [-0.25, -0.2) is 9.97 Å². The quantitative estimate of drug-likeness (QED) is 0.754. The highest BCUT2D eigenvalue weighted by molar-refractivity contribution is 5.69. The average Bonchev–Trinajstić information content (AvgIpc) is 2.49. The molecule has 0 aliphatic rings. The molecule has 92 valence electrons. The molecule has 0 aliphatic carbocycles. The van der Waals surface area contributed by atoms with Gasteiger partial charge in [0.2, 0.25) is 0 Å². The molecule has 0 amide bonds.